The van der Waals surface area contributed by atoms with Crippen LogP contribution in [-0.2, 0) is 0 Å². The Bertz CT molecular complexity index is 605. The maximum atomic E-state index is 9.08. The zero-order valence-electron chi connectivity index (χ0n) is 9.77. The molecule has 0 amide bonds. The van der Waals surface area contributed by atoms with Gasteiger partial charge in [-0.05, 0) is 36.6 Å². The highest BCUT2D eigenvalue weighted by Gasteiger charge is 2.06. The van der Waals surface area contributed by atoms with Crippen LogP contribution in [-0.4, -0.2) is 6.26 Å². The van der Waals surface area contributed by atoms with Crippen LogP contribution in [0.15, 0.2) is 47.4 Å². The van der Waals surface area contributed by atoms with Crippen molar-refractivity contribution in [2.24, 2.45) is 0 Å². The van der Waals surface area contributed by atoms with E-state index in [2.05, 4.69) is 11.4 Å². The van der Waals surface area contributed by atoms with Crippen LogP contribution in [0.25, 0.3) is 0 Å². The number of nitriles is 1. The van der Waals surface area contributed by atoms with Gasteiger partial charge in [-0.25, -0.2) is 0 Å². The average molecular weight is 275 g/mol. The first-order valence-corrected chi connectivity index (χ1v) is 6.94. The van der Waals surface area contributed by atoms with Gasteiger partial charge in [0.05, 0.1) is 16.9 Å². The molecule has 2 aromatic carbocycles. The Labute approximate surface area is 116 Å². The van der Waals surface area contributed by atoms with Gasteiger partial charge in [0, 0.05) is 9.92 Å². The lowest BCUT2D eigenvalue weighted by Crippen LogP contribution is -1.95. The van der Waals surface area contributed by atoms with Crippen molar-refractivity contribution < 1.29 is 0 Å². The fourth-order valence-corrected chi connectivity index (χ4v) is 2.34. The van der Waals surface area contributed by atoms with E-state index in [1.807, 2.05) is 30.5 Å². The Morgan fingerprint density at radius 3 is 2.67 bits per heavy atom. The molecule has 0 saturated heterocycles. The molecule has 1 N–H and O–H groups in total. The predicted molar refractivity (Wildman–Crippen MR) is 77.7 cm³/mol. The molecule has 0 radical (unpaired) electrons. The molecule has 0 atom stereocenters. The molecule has 0 saturated carbocycles. The van der Waals surface area contributed by atoms with E-state index in [9.17, 15) is 0 Å². The summed E-state index contributed by atoms with van der Waals surface area (Å²) < 4.78 is 0. The number of hydrogen-bond acceptors (Lipinski definition) is 3. The van der Waals surface area contributed by atoms with Crippen LogP contribution < -0.4 is 5.32 Å². The number of hydrogen-bond donors (Lipinski definition) is 1. The molecule has 0 fully saturated rings. The summed E-state index contributed by atoms with van der Waals surface area (Å²) in [5.74, 6) is 0. The summed E-state index contributed by atoms with van der Waals surface area (Å²) in [6.07, 6.45) is 2.02. The molecule has 0 spiro atoms. The number of rotatable bonds is 3. The van der Waals surface area contributed by atoms with E-state index < -0.39 is 0 Å². The summed E-state index contributed by atoms with van der Waals surface area (Å²) in [4.78, 5) is 1.13. The van der Waals surface area contributed by atoms with Gasteiger partial charge >= 0.3 is 0 Å². The van der Waals surface area contributed by atoms with Gasteiger partial charge in [-0.1, -0.05) is 23.7 Å². The van der Waals surface area contributed by atoms with Crippen LogP contribution in [0.2, 0.25) is 5.02 Å². The number of halogens is 1. The summed E-state index contributed by atoms with van der Waals surface area (Å²) >= 11 is 7.61. The smallest absolute Gasteiger partial charge is 0.101 e. The molecule has 0 bridgehead atoms. The molecule has 0 aromatic heterocycles. The average Bonchev–Trinajstić information content (AvgIpc) is 2.40. The van der Waals surface area contributed by atoms with E-state index in [0.717, 1.165) is 16.3 Å². The summed E-state index contributed by atoms with van der Waals surface area (Å²) in [5.41, 5.74) is 2.28. The molecule has 0 heterocycles. The number of benzene rings is 2. The van der Waals surface area contributed by atoms with Gasteiger partial charge in [0.2, 0.25) is 0 Å². The quantitative estimate of drug-likeness (QED) is 0.826. The van der Waals surface area contributed by atoms with Crippen molar-refractivity contribution in [2.45, 2.75) is 4.90 Å². The van der Waals surface area contributed by atoms with Gasteiger partial charge < -0.3 is 5.32 Å². The minimum atomic E-state index is 0.579. The Hall–Kier alpha value is -1.63. The molecule has 2 nitrogen and oxygen atoms in total. The Morgan fingerprint density at radius 1 is 1.17 bits per heavy atom. The van der Waals surface area contributed by atoms with Gasteiger partial charge in [0.15, 0.2) is 0 Å². The predicted octanol–water partition coefficient (Wildman–Crippen LogP) is 4.68. The first-order valence-electron chi connectivity index (χ1n) is 5.34. The zero-order chi connectivity index (χ0) is 13.0. The maximum Gasteiger partial charge on any atom is 0.101 e. The van der Waals surface area contributed by atoms with Gasteiger partial charge in [0.25, 0.3) is 0 Å². The summed E-state index contributed by atoms with van der Waals surface area (Å²) in [5, 5.41) is 12.9. The second kappa shape index (κ2) is 5.81. The lowest BCUT2D eigenvalue weighted by atomic mass is 10.2. The van der Waals surface area contributed by atoms with Crippen LogP contribution in [0.1, 0.15) is 5.56 Å². The lowest BCUT2D eigenvalue weighted by molar-refractivity contribution is 1.40. The Morgan fingerprint density at radius 2 is 1.94 bits per heavy atom. The largest absolute Gasteiger partial charge is 0.353 e. The van der Waals surface area contributed by atoms with E-state index in [1.165, 1.54) is 0 Å². The van der Waals surface area contributed by atoms with Gasteiger partial charge in [-0.15, -0.1) is 11.8 Å². The first-order chi connectivity index (χ1) is 8.74. The number of nitrogens with zero attached hydrogens (tertiary/aromatic N) is 1. The summed E-state index contributed by atoms with van der Waals surface area (Å²) in [6.45, 7) is 0. The molecule has 0 unspecified atom stereocenters. The second-order valence-corrected chi connectivity index (χ2v) is 4.91. The second-order valence-electron chi connectivity index (χ2n) is 3.63. The fraction of sp³-hybridized carbons (Fsp3) is 0.0714. The molecule has 2 aromatic rings. The molecular weight excluding hydrogens is 264 g/mol. The SMILES string of the molecule is CSc1ccccc1Nc1cc(Cl)ccc1C#N. The third-order valence-corrected chi connectivity index (χ3v) is 3.51. The normalized spacial score (nSPS) is 9.83. The third-order valence-electron chi connectivity index (χ3n) is 2.48. The standard InChI is InChI=1S/C14H11ClN2S/c1-18-14-5-3-2-4-12(14)17-13-8-11(15)7-6-10(13)9-16/h2-8,17H,1H3. The first kappa shape index (κ1) is 12.8. The van der Waals surface area contributed by atoms with Gasteiger partial charge in [-0.3, -0.25) is 0 Å². The van der Waals surface area contributed by atoms with E-state index in [4.69, 9.17) is 16.9 Å². The minimum absolute atomic E-state index is 0.579. The number of nitrogens with one attached hydrogen (secondary N) is 1. The van der Waals surface area contributed by atoms with Gasteiger partial charge in [0.1, 0.15) is 6.07 Å². The van der Waals surface area contributed by atoms with Crippen molar-refractivity contribution >= 4 is 34.7 Å². The molecule has 90 valence electrons. The monoisotopic (exact) mass is 274 g/mol. The van der Waals surface area contributed by atoms with Crippen molar-refractivity contribution in [1.82, 2.24) is 0 Å². The van der Waals surface area contributed by atoms with Crippen molar-refractivity contribution in [1.29, 1.82) is 5.26 Å². The fourth-order valence-electron chi connectivity index (χ4n) is 1.61. The zero-order valence-corrected chi connectivity index (χ0v) is 11.3. The van der Waals surface area contributed by atoms with Crippen LogP contribution in [0.5, 0.6) is 0 Å². The Balaban J connectivity index is 2.40. The van der Waals surface area contributed by atoms with Crippen molar-refractivity contribution in [3.8, 4) is 6.07 Å². The maximum absolute atomic E-state index is 9.08. The molecule has 0 aliphatic carbocycles. The molecule has 0 aliphatic rings. The van der Waals surface area contributed by atoms with Gasteiger partial charge in [-0.2, -0.15) is 5.26 Å². The highest BCUT2D eigenvalue weighted by molar-refractivity contribution is 7.98. The summed E-state index contributed by atoms with van der Waals surface area (Å²) in [6, 6.07) is 15.3. The number of thioether (sulfide) groups is 1. The van der Waals surface area contributed by atoms with Crippen LogP contribution in [0.3, 0.4) is 0 Å². The van der Waals surface area contributed by atoms with Crippen molar-refractivity contribution in [3.05, 3.63) is 53.1 Å². The summed E-state index contributed by atoms with van der Waals surface area (Å²) in [7, 11) is 0. The van der Waals surface area contributed by atoms with E-state index in [0.29, 0.717) is 10.6 Å². The topological polar surface area (TPSA) is 35.8 Å². The number of anilines is 2. The third kappa shape index (κ3) is 2.79. The minimum Gasteiger partial charge on any atom is -0.353 e. The molecule has 18 heavy (non-hydrogen) atoms. The highest BCUT2D eigenvalue weighted by Crippen LogP contribution is 2.30. The van der Waals surface area contributed by atoms with Crippen molar-refractivity contribution in [2.75, 3.05) is 11.6 Å². The van der Waals surface area contributed by atoms with Crippen LogP contribution in [0, 0.1) is 11.3 Å². The highest BCUT2D eigenvalue weighted by atomic mass is 35.5. The van der Waals surface area contributed by atoms with E-state index in [-0.39, 0.29) is 0 Å². The molecule has 4 heteroatoms. The lowest BCUT2D eigenvalue weighted by Gasteiger charge is -2.11. The number of para-hydroxylation sites is 1. The van der Waals surface area contributed by atoms with E-state index in [1.54, 1.807) is 30.0 Å². The van der Waals surface area contributed by atoms with Crippen molar-refractivity contribution in [3.63, 3.8) is 0 Å². The Kier molecular flexibility index (Phi) is 4.14. The van der Waals surface area contributed by atoms with E-state index >= 15 is 0 Å². The van der Waals surface area contributed by atoms with Crippen LogP contribution >= 0.6 is 23.4 Å². The molecule has 0 aliphatic heterocycles. The molecular formula is C14H11ClN2S. The van der Waals surface area contributed by atoms with Crippen LogP contribution in [0.4, 0.5) is 11.4 Å². The molecule has 2 rings (SSSR count).